The monoisotopic (exact) mass is 408 g/mol. The van der Waals surface area contributed by atoms with Crippen LogP contribution < -0.4 is 14.8 Å². The summed E-state index contributed by atoms with van der Waals surface area (Å²) in [6.45, 7) is 3.33. The van der Waals surface area contributed by atoms with Crippen LogP contribution in [-0.2, 0) is 17.8 Å². The minimum Gasteiger partial charge on any atom is -0.493 e. The zero-order valence-electron chi connectivity index (χ0n) is 15.5. The van der Waals surface area contributed by atoms with E-state index in [2.05, 4.69) is 10.2 Å². The van der Waals surface area contributed by atoms with Gasteiger partial charge in [0.2, 0.25) is 5.91 Å². The highest BCUT2D eigenvalue weighted by Crippen LogP contribution is 2.34. The third kappa shape index (κ3) is 4.32. The van der Waals surface area contributed by atoms with Crippen molar-refractivity contribution in [2.24, 2.45) is 0 Å². The summed E-state index contributed by atoms with van der Waals surface area (Å²) in [5.74, 6) is 1.30. The Morgan fingerprint density at radius 2 is 1.78 bits per heavy atom. The molecule has 3 rings (SSSR count). The van der Waals surface area contributed by atoms with Gasteiger partial charge in [0.15, 0.2) is 11.5 Å². The molecule has 5 nitrogen and oxygen atoms in total. The van der Waals surface area contributed by atoms with Crippen LogP contribution in [0.5, 0.6) is 11.5 Å². The van der Waals surface area contributed by atoms with E-state index in [-0.39, 0.29) is 11.9 Å². The van der Waals surface area contributed by atoms with Crippen molar-refractivity contribution in [3.8, 4) is 11.5 Å². The highest BCUT2D eigenvalue weighted by Gasteiger charge is 2.27. The molecule has 1 N–H and O–H groups in total. The Morgan fingerprint density at radius 1 is 1.11 bits per heavy atom. The van der Waals surface area contributed by atoms with Crippen LogP contribution in [0.25, 0.3) is 0 Å². The highest BCUT2D eigenvalue weighted by molar-refractivity contribution is 6.35. The number of fused-ring (bicyclic) bond motifs is 1. The third-order valence-electron chi connectivity index (χ3n) is 4.86. The van der Waals surface area contributed by atoms with E-state index in [4.69, 9.17) is 32.7 Å². The molecule has 2 aromatic carbocycles. The lowest BCUT2D eigenvalue weighted by Crippen LogP contribution is -2.44. The third-order valence-corrected chi connectivity index (χ3v) is 5.43. The first-order valence-electron chi connectivity index (χ1n) is 8.66. The topological polar surface area (TPSA) is 50.8 Å². The maximum Gasteiger partial charge on any atom is 0.241 e. The molecule has 0 fully saturated rings. The van der Waals surface area contributed by atoms with E-state index in [0.717, 1.165) is 24.3 Å². The van der Waals surface area contributed by atoms with E-state index < -0.39 is 0 Å². The average molecular weight is 409 g/mol. The molecule has 1 heterocycles. The van der Waals surface area contributed by atoms with Crippen LogP contribution in [-0.4, -0.2) is 37.6 Å². The van der Waals surface area contributed by atoms with Gasteiger partial charge in [-0.05, 0) is 54.8 Å². The van der Waals surface area contributed by atoms with Crippen LogP contribution in [0.2, 0.25) is 10.0 Å². The number of rotatable bonds is 5. The van der Waals surface area contributed by atoms with Gasteiger partial charge in [0, 0.05) is 18.1 Å². The van der Waals surface area contributed by atoms with Crippen molar-refractivity contribution in [2.75, 3.05) is 26.1 Å². The number of hydrogen-bond donors (Lipinski definition) is 1. The fraction of sp³-hybridized carbons (Fsp3) is 0.350. The van der Waals surface area contributed by atoms with Gasteiger partial charge in [-0.2, -0.15) is 0 Å². The van der Waals surface area contributed by atoms with Gasteiger partial charge in [-0.1, -0.05) is 23.2 Å². The van der Waals surface area contributed by atoms with E-state index >= 15 is 0 Å². The van der Waals surface area contributed by atoms with Crippen LogP contribution in [0.15, 0.2) is 30.3 Å². The molecule has 0 spiro atoms. The first kappa shape index (κ1) is 19.8. The summed E-state index contributed by atoms with van der Waals surface area (Å²) in [6, 6.07) is 8.69. The summed E-state index contributed by atoms with van der Waals surface area (Å²) in [4.78, 5) is 14.8. The molecule has 0 radical (unpaired) electrons. The summed E-state index contributed by atoms with van der Waals surface area (Å²) < 4.78 is 10.8. The van der Waals surface area contributed by atoms with E-state index in [1.54, 1.807) is 32.4 Å². The Morgan fingerprint density at radius 3 is 2.44 bits per heavy atom. The maximum absolute atomic E-state index is 12.7. The number of carbonyl (C=O) groups excluding carboxylic acids is 1. The van der Waals surface area contributed by atoms with Gasteiger partial charge in [-0.25, -0.2) is 0 Å². The normalized spacial score (nSPS) is 15.0. The van der Waals surface area contributed by atoms with E-state index in [9.17, 15) is 4.79 Å². The molecule has 144 valence electrons. The van der Waals surface area contributed by atoms with Crippen molar-refractivity contribution >= 4 is 34.8 Å². The number of benzene rings is 2. The van der Waals surface area contributed by atoms with Gasteiger partial charge in [-0.15, -0.1) is 0 Å². The number of methoxy groups -OCH3 is 2. The summed E-state index contributed by atoms with van der Waals surface area (Å²) in [7, 11) is 3.25. The van der Waals surface area contributed by atoms with Crippen molar-refractivity contribution in [1.29, 1.82) is 0 Å². The second-order valence-electron chi connectivity index (χ2n) is 6.49. The molecular formula is C20H22Cl2N2O3. The largest absolute Gasteiger partial charge is 0.493 e. The fourth-order valence-electron chi connectivity index (χ4n) is 3.23. The van der Waals surface area contributed by atoms with Gasteiger partial charge in [-0.3, -0.25) is 9.69 Å². The van der Waals surface area contributed by atoms with Crippen LogP contribution in [0.3, 0.4) is 0 Å². The zero-order chi connectivity index (χ0) is 19.6. The number of nitrogens with zero attached hydrogens (tertiary/aromatic N) is 1. The van der Waals surface area contributed by atoms with Gasteiger partial charge in [0.25, 0.3) is 0 Å². The summed E-state index contributed by atoms with van der Waals surface area (Å²) in [5, 5.41) is 3.85. The van der Waals surface area contributed by atoms with Gasteiger partial charge in [0.05, 0.1) is 31.0 Å². The number of halogens is 2. The fourth-order valence-corrected chi connectivity index (χ4v) is 3.57. The molecule has 1 aliphatic heterocycles. The maximum atomic E-state index is 12.7. The van der Waals surface area contributed by atoms with E-state index in [0.29, 0.717) is 28.0 Å². The quantitative estimate of drug-likeness (QED) is 0.796. The van der Waals surface area contributed by atoms with E-state index in [1.165, 1.54) is 5.56 Å². The minimum absolute atomic E-state index is 0.122. The molecule has 1 unspecified atom stereocenters. The molecule has 0 aliphatic carbocycles. The predicted octanol–water partition coefficient (Wildman–Crippen LogP) is 4.40. The van der Waals surface area contributed by atoms with Crippen LogP contribution >= 0.6 is 23.2 Å². The van der Waals surface area contributed by atoms with E-state index in [1.807, 2.05) is 19.1 Å². The smallest absolute Gasteiger partial charge is 0.241 e. The molecule has 7 heteroatoms. The van der Waals surface area contributed by atoms with Crippen LogP contribution in [0.1, 0.15) is 18.1 Å². The Bertz CT molecular complexity index is 857. The number of nitrogens with one attached hydrogen (secondary N) is 1. The molecule has 2 aromatic rings. The molecular weight excluding hydrogens is 387 g/mol. The molecule has 1 amide bonds. The number of amides is 1. The summed E-state index contributed by atoms with van der Waals surface area (Å²) in [5.41, 5.74) is 2.87. The van der Waals surface area contributed by atoms with Gasteiger partial charge < -0.3 is 14.8 Å². The SMILES string of the molecule is COc1cc2c(cc1OC)CN(C(C)C(=O)Nc1cc(Cl)ccc1Cl)CC2. The lowest BCUT2D eigenvalue weighted by Gasteiger charge is -2.33. The molecule has 27 heavy (non-hydrogen) atoms. The van der Waals surface area contributed by atoms with Crippen molar-refractivity contribution in [2.45, 2.75) is 25.9 Å². The number of anilines is 1. The lowest BCUT2D eigenvalue weighted by molar-refractivity contribution is -0.121. The molecule has 0 saturated heterocycles. The Kier molecular flexibility index (Phi) is 6.15. The second-order valence-corrected chi connectivity index (χ2v) is 7.33. The molecule has 0 saturated carbocycles. The number of ether oxygens (including phenoxy) is 2. The molecule has 1 atom stereocenters. The zero-order valence-corrected chi connectivity index (χ0v) is 17.0. The minimum atomic E-state index is -0.318. The Balaban J connectivity index is 1.74. The highest BCUT2D eigenvalue weighted by atomic mass is 35.5. The summed E-state index contributed by atoms with van der Waals surface area (Å²) >= 11 is 12.1. The van der Waals surface area contributed by atoms with Crippen molar-refractivity contribution in [3.05, 3.63) is 51.5 Å². The van der Waals surface area contributed by atoms with Gasteiger partial charge in [0.1, 0.15) is 0 Å². The van der Waals surface area contributed by atoms with Crippen LogP contribution in [0.4, 0.5) is 5.69 Å². The lowest BCUT2D eigenvalue weighted by atomic mass is 9.97. The predicted molar refractivity (Wildman–Crippen MR) is 108 cm³/mol. The Labute approximate surface area is 169 Å². The molecule has 0 bridgehead atoms. The standard InChI is InChI=1S/C20H22Cl2N2O3/c1-12(20(25)23-17-10-15(21)4-5-16(17)22)24-7-6-13-8-18(26-2)19(27-3)9-14(13)11-24/h4-5,8-10,12H,6-7,11H2,1-3H3,(H,23,25). The van der Waals surface area contributed by atoms with Gasteiger partial charge >= 0.3 is 0 Å². The number of carbonyl (C=O) groups is 1. The average Bonchev–Trinajstić information content (AvgIpc) is 2.68. The van der Waals surface area contributed by atoms with Crippen molar-refractivity contribution < 1.29 is 14.3 Å². The molecule has 1 aliphatic rings. The van der Waals surface area contributed by atoms with Crippen molar-refractivity contribution in [1.82, 2.24) is 4.90 Å². The molecule has 0 aromatic heterocycles. The summed E-state index contributed by atoms with van der Waals surface area (Å²) in [6.07, 6.45) is 0.839. The van der Waals surface area contributed by atoms with Crippen molar-refractivity contribution in [3.63, 3.8) is 0 Å². The first-order valence-corrected chi connectivity index (χ1v) is 9.42. The second kappa shape index (κ2) is 8.38. The number of hydrogen-bond acceptors (Lipinski definition) is 4. The Hall–Kier alpha value is -1.95. The first-order chi connectivity index (χ1) is 12.9. The van der Waals surface area contributed by atoms with Crippen LogP contribution in [0, 0.1) is 0 Å².